The van der Waals surface area contributed by atoms with E-state index in [0.717, 1.165) is 5.46 Å². The molecular weight excluding hydrogens is 283 g/mol. The summed E-state index contributed by atoms with van der Waals surface area (Å²) in [4.78, 5) is 12.1. The molecule has 1 aliphatic heterocycles. The molecule has 0 aliphatic carbocycles. The van der Waals surface area contributed by atoms with Crippen molar-refractivity contribution in [2.24, 2.45) is 0 Å². The molecule has 1 heterocycles. The van der Waals surface area contributed by atoms with Crippen LogP contribution in [0.5, 0.6) is 5.75 Å². The van der Waals surface area contributed by atoms with Crippen LogP contribution in [0.3, 0.4) is 0 Å². The molecule has 0 atom stereocenters. The highest BCUT2D eigenvalue weighted by Gasteiger charge is 2.51. The van der Waals surface area contributed by atoms with Gasteiger partial charge in [-0.05, 0) is 52.2 Å². The van der Waals surface area contributed by atoms with Gasteiger partial charge in [0.1, 0.15) is 11.3 Å². The fourth-order valence-electron chi connectivity index (χ4n) is 2.22. The van der Waals surface area contributed by atoms with Crippen LogP contribution in [0.2, 0.25) is 0 Å². The summed E-state index contributed by atoms with van der Waals surface area (Å²) in [7, 11) is 0.996. The van der Waals surface area contributed by atoms with Gasteiger partial charge < -0.3 is 18.8 Å². The molecule has 1 aromatic carbocycles. The average Bonchev–Trinajstić information content (AvgIpc) is 2.67. The number of rotatable bonds is 4. The minimum Gasteiger partial charge on any atom is -0.496 e. The Bertz CT molecular complexity index is 552. The maximum Gasteiger partial charge on any atom is 0.494 e. The quantitative estimate of drug-likeness (QED) is 0.630. The Hall–Kier alpha value is -1.53. The van der Waals surface area contributed by atoms with Crippen molar-refractivity contribution in [3.8, 4) is 5.75 Å². The fourth-order valence-corrected chi connectivity index (χ4v) is 2.22. The monoisotopic (exact) mass is 306 g/mol. The highest BCUT2D eigenvalue weighted by molar-refractivity contribution is 6.62. The van der Waals surface area contributed by atoms with Crippen molar-refractivity contribution in [1.82, 2.24) is 0 Å². The minimum atomic E-state index is -0.524. The molecule has 0 N–H and O–H groups in total. The highest BCUT2D eigenvalue weighted by Crippen LogP contribution is 2.36. The van der Waals surface area contributed by atoms with Crippen molar-refractivity contribution >= 4 is 18.6 Å². The van der Waals surface area contributed by atoms with E-state index in [1.54, 1.807) is 19.1 Å². The number of methoxy groups -OCH3 is 1. The molecule has 0 spiro atoms. The SMILES string of the molecule is CCOC(=O)c1cc(B2OC(C)(C)C(C)(C)O2)ccc1OC. The standard InChI is InChI=1S/C16H23BO5/c1-7-20-14(18)12-10-11(8-9-13(12)19-6)17-21-15(2,3)16(4,5)22-17/h8-10H,7H2,1-6H3. The Kier molecular flexibility index (Phi) is 4.54. The predicted octanol–water partition coefficient (Wildman–Crippen LogP) is 2.17. The van der Waals surface area contributed by atoms with E-state index in [2.05, 4.69) is 0 Å². The molecule has 0 aromatic heterocycles. The molecule has 6 heteroatoms. The van der Waals surface area contributed by atoms with E-state index >= 15 is 0 Å². The highest BCUT2D eigenvalue weighted by atomic mass is 16.7. The Morgan fingerprint density at radius 2 is 1.77 bits per heavy atom. The van der Waals surface area contributed by atoms with Gasteiger partial charge in [-0.3, -0.25) is 0 Å². The van der Waals surface area contributed by atoms with Crippen LogP contribution in [0.15, 0.2) is 18.2 Å². The summed E-state index contributed by atoms with van der Waals surface area (Å²) in [6.45, 7) is 10.0. The van der Waals surface area contributed by atoms with Gasteiger partial charge in [0.15, 0.2) is 0 Å². The molecule has 120 valence electrons. The summed E-state index contributed by atoms with van der Waals surface area (Å²) in [5.74, 6) is 0.0523. The first-order valence-electron chi connectivity index (χ1n) is 7.42. The zero-order valence-corrected chi connectivity index (χ0v) is 14.1. The number of carbonyl (C=O) groups excluding carboxylic acids is 1. The van der Waals surface area contributed by atoms with Crippen LogP contribution in [0.1, 0.15) is 45.0 Å². The lowest BCUT2D eigenvalue weighted by molar-refractivity contribution is 0.00578. The Labute approximate surface area is 132 Å². The van der Waals surface area contributed by atoms with Crippen molar-refractivity contribution in [1.29, 1.82) is 0 Å². The van der Waals surface area contributed by atoms with Gasteiger partial charge in [-0.2, -0.15) is 0 Å². The van der Waals surface area contributed by atoms with Gasteiger partial charge >= 0.3 is 13.1 Å². The van der Waals surface area contributed by atoms with Gasteiger partial charge in [0.25, 0.3) is 0 Å². The van der Waals surface area contributed by atoms with Gasteiger partial charge in [0.2, 0.25) is 0 Å². The van der Waals surface area contributed by atoms with E-state index in [0.29, 0.717) is 17.9 Å². The van der Waals surface area contributed by atoms with Crippen molar-refractivity contribution in [3.63, 3.8) is 0 Å². The summed E-state index contributed by atoms with van der Waals surface area (Å²) in [5.41, 5.74) is 0.280. The van der Waals surface area contributed by atoms with Gasteiger partial charge in [-0.15, -0.1) is 0 Å². The van der Waals surface area contributed by atoms with Gasteiger partial charge in [0, 0.05) is 0 Å². The Morgan fingerprint density at radius 3 is 2.27 bits per heavy atom. The molecule has 5 nitrogen and oxygen atoms in total. The number of benzene rings is 1. The lowest BCUT2D eigenvalue weighted by atomic mass is 9.78. The first-order valence-corrected chi connectivity index (χ1v) is 7.42. The van der Waals surface area contributed by atoms with Crippen molar-refractivity contribution in [2.45, 2.75) is 45.8 Å². The predicted molar refractivity (Wildman–Crippen MR) is 84.7 cm³/mol. The second-order valence-electron chi connectivity index (χ2n) is 6.27. The van der Waals surface area contributed by atoms with E-state index in [1.165, 1.54) is 7.11 Å². The third kappa shape index (κ3) is 2.98. The van der Waals surface area contributed by atoms with Crippen LogP contribution >= 0.6 is 0 Å². The van der Waals surface area contributed by atoms with E-state index in [4.69, 9.17) is 18.8 Å². The first kappa shape index (κ1) is 16.8. The summed E-state index contributed by atoms with van der Waals surface area (Å²) >= 11 is 0. The third-order valence-corrected chi connectivity index (χ3v) is 4.24. The van der Waals surface area contributed by atoms with Crippen molar-refractivity contribution in [2.75, 3.05) is 13.7 Å². The fraction of sp³-hybridized carbons (Fsp3) is 0.562. The lowest BCUT2D eigenvalue weighted by Gasteiger charge is -2.32. The summed E-state index contributed by atoms with van der Waals surface area (Å²) in [6.07, 6.45) is 0. The first-order chi connectivity index (χ1) is 10.2. The number of hydrogen-bond donors (Lipinski definition) is 0. The molecule has 0 unspecified atom stereocenters. The molecule has 1 fully saturated rings. The molecule has 0 bridgehead atoms. The van der Waals surface area contributed by atoms with E-state index in [9.17, 15) is 4.79 Å². The number of ether oxygens (including phenoxy) is 2. The number of carbonyl (C=O) groups is 1. The largest absolute Gasteiger partial charge is 0.496 e. The minimum absolute atomic E-state index is 0.308. The smallest absolute Gasteiger partial charge is 0.494 e. The van der Waals surface area contributed by atoms with E-state index in [1.807, 2.05) is 33.8 Å². The van der Waals surface area contributed by atoms with Gasteiger partial charge in [0.05, 0.1) is 24.9 Å². The van der Waals surface area contributed by atoms with E-state index < -0.39 is 24.3 Å². The molecule has 0 radical (unpaired) electrons. The summed E-state index contributed by atoms with van der Waals surface area (Å²) in [5, 5.41) is 0. The normalized spacial score (nSPS) is 19.1. The van der Waals surface area contributed by atoms with Crippen LogP contribution in [0.25, 0.3) is 0 Å². The molecule has 1 aliphatic rings. The molecular formula is C16H23BO5. The van der Waals surface area contributed by atoms with Gasteiger partial charge in [-0.25, -0.2) is 4.79 Å². The topological polar surface area (TPSA) is 54.0 Å². The van der Waals surface area contributed by atoms with Crippen LogP contribution < -0.4 is 10.2 Å². The zero-order valence-electron chi connectivity index (χ0n) is 14.1. The Balaban J connectivity index is 2.34. The average molecular weight is 306 g/mol. The van der Waals surface area contributed by atoms with Crippen LogP contribution in [-0.4, -0.2) is 38.0 Å². The molecule has 2 rings (SSSR count). The molecule has 22 heavy (non-hydrogen) atoms. The molecule has 0 amide bonds. The summed E-state index contributed by atoms with van der Waals surface area (Å²) in [6, 6.07) is 5.27. The number of hydrogen-bond acceptors (Lipinski definition) is 5. The summed E-state index contributed by atoms with van der Waals surface area (Å²) < 4.78 is 22.3. The lowest BCUT2D eigenvalue weighted by Crippen LogP contribution is -2.41. The maximum absolute atomic E-state index is 12.1. The maximum atomic E-state index is 12.1. The zero-order chi connectivity index (χ0) is 16.5. The molecule has 1 aromatic rings. The second kappa shape index (κ2) is 5.93. The van der Waals surface area contributed by atoms with Crippen LogP contribution in [0, 0.1) is 0 Å². The van der Waals surface area contributed by atoms with Crippen LogP contribution in [0.4, 0.5) is 0 Å². The third-order valence-electron chi connectivity index (χ3n) is 4.24. The van der Waals surface area contributed by atoms with E-state index in [-0.39, 0.29) is 0 Å². The van der Waals surface area contributed by atoms with Gasteiger partial charge in [-0.1, -0.05) is 6.07 Å². The van der Waals surface area contributed by atoms with Crippen molar-refractivity contribution in [3.05, 3.63) is 23.8 Å². The van der Waals surface area contributed by atoms with Crippen LogP contribution in [-0.2, 0) is 14.0 Å². The Morgan fingerprint density at radius 1 is 1.18 bits per heavy atom. The second-order valence-corrected chi connectivity index (χ2v) is 6.27. The molecule has 1 saturated heterocycles. The molecule has 0 saturated carbocycles. The van der Waals surface area contributed by atoms with Crippen molar-refractivity contribution < 1.29 is 23.6 Å². The number of esters is 1.